The Morgan fingerprint density at radius 3 is 2.64 bits per heavy atom. The lowest BCUT2D eigenvalue weighted by Gasteiger charge is -2.15. The third-order valence-electron chi connectivity index (χ3n) is 4.09. The van der Waals surface area contributed by atoms with Crippen molar-refractivity contribution in [3.05, 3.63) is 41.2 Å². The zero-order chi connectivity index (χ0) is 18.4. The zero-order valence-electron chi connectivity index (χ0n) is 15.2. The summed E-state index contributed by atoms with van der Waals surface area (Å²) in [5.74, 6) is 1.12. The van der Waals surface area contributed by atoms with Crippen molar-refractivity contribution in [2.45, 2.75) is 39.4 Å². The Kier molecular flexibility index (Phi) is 6.41. The predicted molar refractivity (Wildman–Crippen MR) is 95.6 cm³/mol. The average Bonchev–Trinajstić information content (AvgIpc) is 2.99. The molecular weight excluding hydrogens is 320 g/mol. The summed E-state index contributed by atoms with van der Waals surface area (Å²) in [4.78, 5) is 12.2. The minimum absolute atomic E-state index is 0.106. The smallest absolute Gasteiger partial charge is 0.222 e. The fourth-order valence-corrected chi connectivity index (χ4v) is 2.56. The second kappa shape index (κ2) is 8.53. The van der Waals surface area contributed by atoms with E-state index < -0.39 is 6.04 Å². The van der Waals surface area contributed by atoms with Crippen molar-refractivity contribution in [2.24, 2.45) is 5.73 Å². The van der Waals surface area contributed by atoms with E-state index in [0.29, 0.717) is 18.0 Å². The third kappa shape index (κ3) is 4.73. The van der Waals surface area contributed by atoms with E-state index >= 15 is 0 Å². The number of carbonyl (C=O) groups is 1. The molecule has 7 nitrogen and oxygen atoms in total. The highest BCUT2D eigenvalue weighted by Gasteiger charge is 2.15. The molecule has 1 atom stereocenters. The Bertz CT molecular complexity index is 727. The Labute approximate surface area is 148 Å². The van der Waals surface area contributed by atoms with Crippen LogP contribution in [0.2, 0.25) is 0 Å². The van der Waals surface area contributed by atoms with E-state index in [1.807, 2.05) is 30.8 Å². The van der Waals surface area contributed by atoms with E-state index in [1.54, 1.807) is 26.4 Å². The summed E-state index contributed by atoms with van der Waals surface area (Å²) in [7, 11) is 3.15. The summed E-state index contributed by atoms with van der Waals surface area (Å²) >= 11 is 0. The Hall–Kier alpha value is -2.54. The first-order valence-corrected chi connectivity index (χ1v) is 8.25. The number of nitrogens with two attached hydrogens (primary N) is 1. The number of methoxy groups -OCH3 is 2. The summed E-state index contributed by atoms with van der Waals surface area (Å²) in [6.07, 6.45) is 2.14. The number of benzene rings is 1. The lowest BCUT2D eigenvalue weighted by atomic mass is 10.0. The SMILES string of the molecule is CCn1cc(CNC(=O)CC(N)c2ccc(OC)c(OC)c2)c(C)n1. The molecule has 25 heavy (non-hydrogen) atoms. The highest BCUT2D eigenvalue weighted by Crippen LogP contribution is 2.30. The Morgan fingerprint density at radius 1 is 1.32 bits per heavy atom. The van der Waals surface area contributed by atoms with Crippen LogP contribution in [0.15, 0.2) is 24.4 Å². The molecule has 0 aliphatic heterocycles. The lowest BCUT2D eigenvalue weighted by molar-refractivity contribution is -0.121. The van der Waals surface area contributed by atoms with Crippen molar-refractivity contribution in [2.75, 3.05) is 14.2 Å². The van der Waals surface area contributed by atoms with Gasteiger partial charge in [0, 0.05) is 37.3 Å². The quantitative estimate of drug-likeness (QED) is 0.762. The van der Waals surface area contributed by atoms with E-state index in [4.69, 9.17) is 15.2 Å². The van der Waals surface area contributed by atoms with Gasteiger partial charge < -0.3 is 20.5 Å². The van der Waals surface area contributed by atoms with Gasteiger partial charge in [0.15, 0.2) is 11.5 Å². The molecule has 0 radical (unpaired) electrons. The van der Waals surface area contributed by atoms with E-state index in [1.165, 1.54) is 0 Å². The highest BCUT2D eigenvalue weighted by atomic mass is 16.5. The number of aromatic nitrogens is 2. The summed E-state index contributed by atoms with van der Waals surface area (Å²) in [6, 6.07) is 5.01. The lowest BCUT2D eigenvalue weighted by Crippen LogP contribution is -2.27. The molecule has 2 rings (SSSR count). The molecule has 0 aliphatic rings. The summed E-state index contributed by atoms with van der Waals surface area (Å²) in [5, 5.41) is 7.27. The van der Waals surface area contributed by atoms with Crippen LogP contribution in [-0.2, 0) is 17.9 Å². The largest absolute Gasteiger partial charge is 0.493 e. The number of carbonyl (C=O) groups excluding carboxylic acids is 1. The monoisotopic (exact) mass is 346 g/mol. The van der Waals surface area contributed by atoms with Gasteiger partial charge in [0.25, 0.3) is 0 Å². The van der Waals surface area contributed by atoms with Gasteiger partial charge in [0.1, 0.15) is 0 Å². The highest BCUT2D eigenvalue weighted by molar-refractivity contribution is 5.76. The van der Waals surface area contributed by atoms with E-state index in [9.17, 15) is 4.79 Å². The van der Waals surface area contributed by atoms with Crippen LogP contribution >= 0.6 is 0 Å². The number of nitrogens with zero attached hydrogens (tertiary/aromatic N) is 2. The van der Waals surface area contributed by atoms with Crippen molar-refractivity contribution < 1.29 is 14.3 Å². The third-order valence-corrected chi connectivity index (χ3v) is 4.09. The normalized spacial score (nSPS) is 11.9. The number of nitrogens with one attached hydrogen (secondary N) is 1. The van der Waals surface area contributed by atoms with Gasteiger partial charge >= 0.3 is 0 Å². The molecule has 0 spiro atoms. The molecule has 1 aromatic heterocycles. The topological polar surface area (TPSA) is 91.4 Å². The van der Waals surface area contributed by atoms with Crippen LogP contribution in [0.5, 0.6) is 11.5 Å². The molecule has 1 amide bonds. The fourth-order valence-electron chi connectivity index (χ4n) is 2.56. The fraction of sp³-hybridized carbons (Fsp3) is 0.444. The number of hydrogen-bond acceptors (Lipinski definition) is 5. The molecule has 1 unspecified atom stereocenters. The van der Waals surface area contributed by atoms with E-state index in [0.717, 1.165) is 23.4 Å². The van der Waals surface area contributed by atoms with Crippen LogP contribution in [0.1, 0.15) is 36.2 Å². The predicted octanol–water partition coefficient (Wildman–Crippen LogP) is 1.93. The molecule has 7 heteroatoms. The number of amides is 1. The van der Waals surface area contributed by atoms with Gasteiger partial charge in [-0.2, -0.15) is 5.10 Å². The van der Waals surface area contributed by atoms with Crippen LogP contribution in [0.25, 0.3) is 0 Å². The molecule has 3 N–H and O–H groups in total. The van der Waals surface area contributed by atoms with Crippen molar-refractivity contribution in [1.82, 2.24) is 15.1 Å². The number of aryl methyl sites for hydroxylation is 2. The van der Waals surface area contributed by atoms with Gasteiger partial charge in [-0.15, -0.1) is 0 Å². The first kappa shape index (κ1) is 18.8. The second-order valence-corrected chi connectivity index (χ2v) is 5.80. The molecule has 1 aromatic carbocycles. The van der Waals surface area contributed by atoms with Crippen molar-refractivity contribution in [3.63, 3.8) is 0 Å². The van der Waals surface area contributed by atoms with Crippen molar-refractivity contribution in [1.29, 1.82) is 0 Å². The first-order chi connectivity index (χ1) is 12.0. The maximum atomic E-state index is 12.2. The maximum Gasteiger partial charge on any atom is 0.222 e. The standard InChI is InChI=1S/C18H26N4O3/c1-5-22-11-14(12(2)21-22)10-20-18(23)9-15(19)13-6-7-16(24-3)17(8-13)25-4/h6-8,11,15H,5,9-10,19H2,1-4H3,(H,20,23). The summed E-state index contributed by atoms with van der Waals surface area (Å²) < 4.78 is 12.3. The van der Waals surface area contributed by atoms with E-state index in [2.05, 4.69) is 10.4 Å². The van der Waals surface area contributed by atoms with Crippen molar-refractivity contribution >= 4 is 5.91 Å². The minimum atomic E-state index is -0.417. The van der Waals surface area contributed by atoms with Crippen LogP contribution in [0.3, 0.4) is 0 Å². The molecule has 1 heterocycles. The van der Waals surface area contributed by atoms with Crippen LogP contribution in [-0.4, -0.2) is 29.9 Å². The number of rotatable bonds is 8. The molecule has 0 aliphatic carbocycles. The van der Waals surface area contributed by atoms with Crippen LogP contribution in [0.4, 0.5) is 0 Å². The summed E-state index contributed by atoms with van der Waals surface area (Å²) in [5.41, 5.74) is 8.92. The second-order valence-electron chi connectivity index (χ2n) is 5.80. The minimum Gasteiger partial charge on any atom is -0.493 e. The molecular formula is C18H26N4O3. The molecule has 0 saturated heterocycles. The molecule has 2 aromatic rings. The molecule has 0 bridgehead atoms. The molecule has 136 valence electrons. The Morgan fingerprint density at radius 2 is 2.04 bits per heavy atom. The van der Waals surface area contributed by atoms with Crippen molar-refractivity contribution in [3.8, 4) is 11.5 Å². The van der Waals surface area contributed by atoms with Gasteiger partial charge in [0.2, 0.25) is 5.91 Å². The molecule has 0 fully saturated rings. The van der Waals surface area contributed by atoms with Crippen LogP contribution < -0.4 is 20.5 Å². The van der Waals surface area contributed by atoms with Gasteiger partial charge in [-0.25, -0.2) is 0 Å². The van der Waals surface area contributed by atoms with E-state index in [-0.39, 0.29) is 12.3 Å². The molecule has 0 saturated carbocycles. The maximum absolute atomic E-state index is 12.2. The van der Waals surface area contributed by atoms with Gasteiger partial charge in [0.05, 0.1) is 19.9 Å². The summed E-state index contributed by atoms with van der Waals surface area (Å²) in [6.45, 7) is 5.21. The van der Waals surface area contributed by atoms with Gasteiger partial charge in [-0.3, -0.25) is 9.48 Å². The average molecular weight is 346 g/mol. The van der Waals surface area contributed by atoms with Gasteiger partial charge in [-0.05, 0) is 31.5 Å². The number of ether oxygens (including phenoxy) is 2. The van der Waals surface area contributed by atoms with Gasteiger partial charge in [-0.1, -0.05) is 6.07 Å². The first-order valence-electron chi connectivity index (χ1n) is 8.25. The Balaban J connectivity index is 1.94. The zero-order valence-corrected chi connectivity index (χ0v) is 15.2. The van der Waals surface area contributed by atoms with Crippen LogP contribution in [0, 0.1) is 6.92 Å². The number of hydrogen-bond donors (Lipinski definition) is 2.